The van der Waals surface area contributed by atoms with E-state index in [-0.39, 0.29) is 11.9 Å². The topological polar surface area (TPSA) is 44.4 Å². The van der Waals surface area contributed by atoms with Crippen LogP contribution in [0.25, 0.3) is 0 Å². The molecule has 0 aromatic rings. The summed E-state index contributed by atoms with van der Waals surface area (Å²) in [6.45, 7) is 6.04. The molecule has 0 radical (unpaired) electrons. The van der Waals surface area contributed by atoms with Crippen LogP contribution in [0.5, 0.6) is 0 Å². The van der Waals surface area contributed by atoms with Gasteiger partial charge in [-0.05, 0) is 38.0 Å². The maximum atomic E-state index is 12.3. The van der Waals surface area contributed by atoms with Crippen LogP contribution in [-0.4, -0.2) is 49.1 Å². The molecule has 3 rings (SSSR count). The van der Waals surface area contributed by atoms with Crippen LogP contribution < -0.4 is 10.6 Å². The number of carbonyl (C=O) groups is 1. The second-order valence-electron chi connectivity index (χ2n) is 6.25. The van der Waals surface area contributed by atoms with Crippen LogP contribution in [0.4, 0.5) is 0 Å². The fraction of sp³-hybridized carbons (Fsp3) is 0.929. The normalized spacial score (nSPS) is 37.7. The van der Waals surface area contributed by atoms with Gasteiger partial charge in [-0.3, -0.25) is 9.69 Å². The largest absolute Gasteiger partial charge is 0.352 e. The van der Waals surface area contributed by atoms with E-state index in [0.29, 0.717) is 6.04 Å². The lowest BCUT2D eigenvalue weighted by molar-refractivity contribution is -0.127. The van der Waals surface area contributed by atoms with Crippen molar-refractivity contribution in [2.45, 2.75) is 44.7 Å². The van der Waals surface area contributed by atoms with Crippen molar-refractivity contribution in [2.24, 2.45) is 11.8 Å². The summed E-state index contributed by atoms with van der Waals surface area (Å²) in [6, 6.07) is 0.507. The molecule has 102 valence electrons. The number of fused-ring (bicyclic) bond motifs is 2. The Morgan fingerprint density at radius 3 is 2.67 bits per heavy atom. The van der Waals surface area contributed by atoms with Gasteiger partial charge in [0.2, 0.25) is 5.91 Å². The van der Waals surface area contributed by atoms with E-state index in [4.69, 9.17) is 0 Å². The van der Waals surface area contributed by atoms with Crippen LogP contribution in [0.15, 0.2) is 0 Å². The summed E-state index contributed by atoms with van der Waals surface area (Å²) in [5, 5.41) is 6.64. The highest BCUT2D eigenvalue weighted by Crippen LogP contribution is 2.44. The summed E-state index contributed by atoms with van der Waals surface area (Å²) in [4.78, 5) is 14.6. The van der Waals surface area contributed by atoms with Crippen molar-refractivity contribution in [3.8, 4) is 0 Å². The molecule has 4 nitrogen and oxygen atoms in total. The molecule has 0 spiro atoms. The molecule has 4 unspecified atom stereocenters. The first kappa shape index (κ1) is 12.4. The molecular weight excluding hydrogens is 226 g/mol. The molecule has 18 heavy (non-hydrogen) atoms. The number of nitrogens with zero attached hydrogens (tertiary/aromatic N) is 1. The predicted octanol–water partition coefficient (Wildman–Crippen LogP) is 0.585. The van der Waals surface area contributed by atoms with E-state index >= 15 is 0 Å². The van der Waals surface area contributed by atoms with E-state index in [1.165, 1.54) is 25.7 Å². The maximum Gasteiger partial charge on any atom is 0.237 e. The number of amides is 1. The van der Waals surface area contributed by atoms with Crippen molar-refractivity contribution in [3.05, 3.63) is 0 Å². The molecule has 2 aliphatic carbocycles. The van der Waals surface area contributed by atoms with Crippen LogP contribution in [0, 0.1) is 11.8 Å². The van der Waals surface area contributed by atoms with E-state index in [1.54, 1.807) is 0 Å². The number of hydrogen-bond acceptors (Lipinski definition) is 3. The zero-order valence-electron chi connectivity index (χ0n) is 11.3. The highest BCUT2D eigenvalue weighted by atomic mass is 16.2. The van der Waals surface area contributed by atoms with E-state index < -0.39 is 0 Å². The van der Waals surface area contributed by atoms with Gasteiger partial charge in [0.15, 0.2) is 0 Å². The maximum absolute atomic E-state index is 12.3. The lowest BCUT2D eigenvalue weighted by atomic mass is 9.95. The fourth-order valence-electron chi connectivity index (χ4n) is 3.96. The minimum atomic E-state index is 0.0335. The summed E-state index contributed by atoms with van der Waals surface area (Å²) in [7, 11) is 0. The molecule has 3 aliphatic rings. The van der Waals surface area contributed by atoms with Crippen molar-refractivity contribution in [1.29, 1.82) is 0 Å². The minimum absolute atomic E-state index is 0.0335. The lowest BCUT2D eigenvalue weighted by Gasteiger charge is -2.33. The molecule has 1 saturated heterocycles. The highest BCUT2D eigenvalue weighted by Gasteiger charge is 2.40. The van der Waals surface area contributed by atoms with Gasteiger partial charge < -0.3 is 10.6 Å². The molecule has 0 aromatic carbocycles. The standard InChI is InChI=1S/C14H25N3O/c1-10(17-6-4-15-5-7-17)14(18)16-13-9-11-2-3-12(13)8-11/h10-13,15H,2-9H2,1H3,(H,16,18). The molecule has 4 atom stereocenters. The lowest BCUT2D eigenvalue weighted by Crippen LogP contribution is -2.54. The smallest absolute Gasteiger partial charge is 0.237 e. The third kappa shape index (κ3) is 2.41. The first-order chi connectivity index (χ1) is 8.74. The van der Waals surface area contributed by atoms with E-state index in [2.05, 4.69) is 15.5 Å². The summed E-state index contributed by atoms with van der Waals surface area (Å²) in [5.41, 5.74) is 0. The number of hydrogen-bond donors (Lipinski definition) is 2. The molecule has 1 aliphatic heterocycles. The molecule has 4 heteroatoms. The highest BCUT2D eigenvalue weighted by molar-refractivity contribution is 5.81. The van der Waals surface area contributed by atoms with Gasteiger partial charge in [0.1, 0.15) is 0 Å². The molecule has 3 fully saturated rings. The number of carbonyl (C=O) groups excluding carboxylic acids is 1. The molecule has 2 bridgehead atoms. The van der Waals surface area contributed by atoms with Crippen molar-refractivity contribution in [2.75, 3.05) is 26.2 Å². The Labute approximate surface area is 109 Å². The molecule has 1 amide bonds. The zero-order chi connectivity index (χ0) is 12.5. The Bertz CT molecular complexity index is 314. The van der Waals surface area contributed by atoms with Gasteiger partial charge >= 0.3 is 0 Å². The van der Waals surface area contributed by atoms with Crippen molar-refractivity contribution >= 4 is 5.91 Å². The average Bonchev–Trinajstić information content (AvgIpc) is 3.01. The van der Waals surface area contributed by atoms with Gasteiger partial charge in [-0.25, -0.2) is 0 Å². The first-order valence-corrected chi connectivity index (χ1v) is 7.49. The zero-order valence-corrected chi connectivity index (χ0v) is 11.3. The van der Waals surface area contributed by atoms with Crippen LogP contribution >= 0.6 is 0 Å². The fourth-order valence-corrected chi connectivity index (χ4v) is 3.96. The molecule has 2 N–H and O–H groups in total. The second kappa shape index (κ2) is 5.17. The third-order valence-electron chi connectivity index (χ3n) is 5.14. The second-order valence-corrected chi connectivity index (χ2v) is 6.25. The van der Waals surface area contributed by atoms with Crippen molar-refractivity contribution in [3.63, 3.8) is 0 Å². The van der Waals surface area contributed by atoms with Crippen LogP contribution in [0.1, 0.15) is 32.6 Å². The Kier molecular flexibility index (Phi) is 3.57. The molecule has 2 saturated carbocycles. The van der Waals surface area contributed by atoms with E-state index in [1.807, 2.05) is 6.92 Å². The van der Waals surface area contributed by atoms with Gasteiger partial charge in [0.05, 0.1) is 6.04 Å². The SMILES string of the molecule is CC(C(=O)NC1CC2CCC1C2)N1CCNCC1. The molecular formula is C14H25N3O. The van der Waals surface area contributed by atoms with Gasteiger partial charge in [0.25, 0.3) is 0 Å². The van der Waals surface area contributed by atoms with Crippen molar-refractivity contribution < 1.29 is 4.79 Å². The minimum Gasteiger partial charge on any atom is -0.352 e. The molecule has 1 heterocycles. The van der Waals surface area contributed by atoms with Gasteiger partial charge in [-0.15, -0.1) is 0 Å². The number of nitrogens with one attached hydrogen (secondary N) is 2. The van der Waals surface area contributed by atoms with Gasteiger partial charge in [-0.1, -0.05) is 6.42 Å². The quantitative estimate of drug-likeness (QED) is 0.771. The average molecular weight is 251 g/mol. The summed E-state index contributed by atoms with van der Waals surface area (Å²) in [6.07, 6.45) is 5.31. The van der Waals surface area contributed by atoms with Crippen LogP contribution in [0.2, 0.25) is 0 Å². The summed E-state index contributed by atoms with van der Waals surface area (Å²) >= 11 is 0. The van der Waals surface area contributed by atoms with Crippen LogP contribution in [0.3, 0.4) is 0 Å². The Balaban J connectivity index is 1.51. The summed E-state index contributed by atoms with van der Waals surface area (Å²) < 4.78 is 0. The van der Waals surface area contributed by atoms with E-state index in [0.717, 1.165) is 38.0 Å². The van der Waals surface area contributed by atoms with Crippen LogP contribution in [-0.2, 0) is 4.79 Å². The molecule has 0 aromatic heterocycles. The summed E-state index contributed by atoms with van der Waals surface area (Å²) in [5.74, 6) is 1.92. The first-order valence-electron chi connectivity index (χ1n) is 7.49. The number of rotatable bonds is 3. The third-order valence-corrected chi connectivity index (χ3v) is 5.14. The Morgan fingerprint density at radius 2 is 2.06 bits per heavy atom. The monoisotopic (exact) mass is 251 g/mol. The van der Waals surface area contributed by atoms with E-state index in [9.17, 15) is 4.79 Å². The predicted molar refractivity (Wildman–Crippen MR) is 71.3 cm³/mol. The Morgan fingerprint density at radius 1 is 1.28 bits per heavy atom. The van der Waals surface area contributed by atoms with Gasteiger partial charge in [0, 0.05) is 32.2 Å². The number of piperazine rings is 1. The van der Waals surface area contributed by atoms with Gasteiger partial charge in [-0.2, -0.15) is 0 Å². The Hall–Kier alpha value is -0.610. The van der Waals surface area contributed by atoms with Crippen molar-refractivity contribution in [1.82, 2.24) is 15.5 Å².